The van der Waals surface area contributed by atoms with E-state index in [4.69, 9.17) is 0 Å². The minimum absolute atomic E-state index is 0.132. The normalized spacial score (nSPS) is 11.4. The van der Waals surface area contributed by atoms with E-state index in [1.807, 2.05) is 18.2 Å². The molecule has 5 nitrogen and oxygen atoms in total. The highest BCUT2D eigenvalue weighted by atomic mass is 32.2. The van der Waals surface area contributed by atoms with Crippen LogP contribution in [0.4, 0.5) is 4.39 Å². The van der Waals surface area contributed by atoms with Gasteiger partial charge in [-0.25, -0.2) is 17.5 Å². The van der Waals surface area contributed by atoms with Crippen molar-refractivity contribution in [3.63, 3.8) is 0 Å². The van der Waals surface area contributed by atoms with Crippen LogP contribution in [-0.2, 0) is 22.3 Å². The van der Waals surface area contributed by atoms with Crippen molar-refractivity contribution in [3.05, 3.63) is 84.1 Å². The minimum Gasteiger partial charge on any atom is -0.264 e. The molecule has 0 saturated carbocycles. The minimum atomic E-state index is -3.58. The standard InChI is InChI=1S/C18H16FN3O2S/c19-17-5-1-3-15(9-17)13-25(23,24)22-11-14-6-8-21-18(10-14)16-4-2-7-20-12-16/h1-10,12,22H,11,13H2. The van der Waals surface area contributed by atoms with Gasteiger partial charge in [0.15, 0.2) is 0 Å². The number of aromatic nitrogens is 2. The second kappa shape index (κ2) is 7.50. The molecule has 0 aliphatic carbocycles. The summed E-state index contributed by atoms with van der Waals surface area (Å²) in [5, 5.41) is 0. The number of hydrogen-bond donors (Lipinski definition) is 1. The average Bonchev–Trinajstić information content (AvgIpc) is 2.61. The van der Waals surface area contributed by atoms with E-state index in [0.717, 1.165) is 16.8 Å². The first-order valence-corrected chi connectivity index (χ1v) is 9.24. The van der Waals surface area contributed by atoms with Crippen LogP contribution in [0, 0.1) is 5.82 Å². The summed E-state index contributed by atoms with van der Waals surface area (Å²) in [4.78, 5) is 8.32. The Morgan fingerprint density at radius 2 is 1.88 bits per heavy atom. The Hall–Kier alpha value is -2.64. The summed E-state index contributed by atoms with van der Waals surface area (Å²) in [5.74, 6) is -0.728. The smallest absolute Gasteiger partial charge is 0.216 e. The molecule has 2 aromatic heterocycles. The number of nitrogens with one attached hydrogen (secondary N) is 1. The van der Waals surface area contributed by atoms with Crippen molar-refractivity contribution < 1.29 is 12.8 Å². The summed E-state index contributed by atoms with van der Waals surface area (Å²) >= 11 is 0. The van der Waals surface area contributed by atoms with Crippen LogP contribution in [0.2, 0.25) is 0 Å². The number of pyridine rings is 2. The molecule has 128 valence electrons. The van der Waals surface area contributed by atoms with E-state index in [9.17, 15) is 12.8 Å². The van der Waals surface area contributed by atoms with Crippen molar-refractivity contribution in [3.8, 4) is 11.3 Å². The van der Waals surface area contributed by atoms with Gasteiger partial charge in [-0.1, -0.05) is 12.1 Å². The van der Waals surface area contributed by atoms with E-state index < -0.39 is 15.8 Å². The van der Waals surface area contributed by atoms with Gasteiger partial charge in [0.05, 0.1) is 11.4 Å². The molecule has 0 bridgehead atoms. The molecule has 0 unspecified atom stereocenters. The number of rotatable bonds is 6. The van der Waals surface area contributed by atoms with Gasteiger partial charge in [0.1, 0.15) is 5.82 Å². The van der Waals surface area contributed by atoms with E-state index in [1.54, 1.807) is 30.7 Å². The van der Waals surface area contributed by atoms with Crippen molar-refractivity contribution in [2.75, 3.05) is 0 Å². The fraction of sp³-hybridized carbons (Fsp3) is 0.111. The summed E-state index contributed by atoms with van der Waals surface area (Å²) in [7, 11) is -3.58. The quantitative estimate of drug-likeness (QED) is 0.736. The Bertz CT molecular complexity index is 963. The monoisotopic (exact) mass is 357 g/mol. The fourth-order valence-electron chi connectivity index (χ4n) is 2.35. The Balaban J connectivity index is 1.69. The van der Waals surface area contributed by atoms with E-state index in [-0.39, 0.29) is 12.3 Å². The molecule has 7 heteroatoms. The van der Waals surface area contributed by atoms with Crippen molar-refractivity contribution in [1.82, 2.24) is 14.7 Å². The molecule has 0 spiro atoms. The van der Waals surface area contributed by atoms with E-state index >= 15 is 0 Å². The topological polar surface area (TPSA) is 72.0 Å². The lowest BCUT2D eigenvalue weighted by molar-refractivity contribution is 0.580. The van der Waals surface area contributed by atoms with Crippen molar-refractivity contribution in [2.45, 2.75) is 12.3 Å². The molecule has 3 rings (SSSR count). The van der Waals surface area contributed by atoms with Crippen LogP contribution >= 0.6 is 0 Å². The Kier molecular flexibility index (Phi) is 5.16. The molecule has 0 fully saturated rings. The molecule has 2 heterocycles. The summed E-state index contributed by atoms with van der Waals surface area (Å²) in [5.41, 5.74) is 2.75. The van der Waals surface area contributed by atoms with E-state index in [1.165, 1.54) is 18.2 Å². The van der Waals surface area contributed by atoms with Gasteiger partial charge in [0.25, 0.3) is 0 Å². The first-order chi connectivity index (χ1) is 12.0. The third-order valence-electron chi connectivity index (χ3n) is 3.52. The zero-order chi connectivity index (χ0) is 17.7. The number of hydrogen-bond acceptors (Lipinski definition) is 4. The highest BCUT2D eigenvalue weighted by Crippen LogP contribution is 2.16. The first-order valence-electron chi connectivity index (χ1n) is 7.59. The number of nitrogens with zero attached hydrogens (tertiary/aromatic N) is 2. The highest BCUT2D eigenvalue weighted by molar-refractivity contribution is 7.88. The lowest BCUT2D eigenvalue weighted by atomic mass is 10.1. The second-order valence-electron chi connectivity index (χ2n) is 5.50. The van der Waals surface area contributed by atoms with Crippen LogP contribution in [0.15, 0.2) is 67.1 Å². The van der Waals surface area contributed by atoms with Crippen molar-refractivity contribution in [1.29, 1.82) is 0 Å². The molecule has 0 amide bonds. The molecule has 1 N–H and O–H groups in total. The Morgan fingerprint density at radius 1 is 1.00 bits per heavy atom. The zero-order valence-corrected chi connectivity index (χ0v) is 14.1. The van der Waals surface area contributed by atoms with Crippen LogP contribution in [-0.4, -0.2) is 18.4 Å². The lowest BCUT2D eigenvalue weighted by Crippen LogP contribution is -2.24. The molecule has 0 atom stereocenters. The van der Waals surface area contributed by atoms with Gasteiger partial charge in [-0.05, 0) is 47.5 Å². The second-order valence-corrected chi connectivity index (χ2v) is 7.31. The predicted molar refractivity (Wildman–Crippen MR) is 93.3 cm³/mol. The lowest BCUT2D eigenvalue weighted by Gasteiger charge is -2.08. The SMILES string of the molecule is O=S(=O)(Cc1cccc(F)c1)NCc1ccnc(-c2cccnc2)c1. The zero-order valence-electron chi connectivity index (χ0n) is 13.3. The molecular formula is C18H16FN3O2S. The number of benzene rings is 1. The summed E-state index contributed by atoms with van der Waals surface area (Å²) < 4.78 is 40.1. The van der Waals surface area contributed by atoms with Gasteiger partial charge in [-0.2, -0.15) is 0 Å². The fourth-order valence-corrected chi connectivity index (χ4v) is 3.45. The van der Waals surface area contributed by atoms with Gasteiger partial charge >= 0.3 is 0 Å². The molecule has 3 aromatic rings. The van der Waals surface area contributed by atoms with Crippen LogP contribution in [0.3, 0.4) is 0 Å². The van der Waals surface area contributed by atoms with Crippen LogP contribution in [0.1, 0.15) is 11.1 Å². The molecular weight excluding hydrogens is 341 g/mol. The van der Waals surface area contributed by atoms with Gasteiger partial charge in [-0.15, -0.1) is 0 Å². The Morgan fingerprint density at radius 3 is 2.64 bits per heavy atom. The molecule has 0 aliphatic rings. The van der Waals surface area contributed by atoms with Gasteiger partial charge in [-0.3, -0.25) is 9.97 Å². The van der Waals surface area contributed by atoms with E-state index in [2.05, 4.69) is 14.7 Å². The maximum atomic E-state index is 13.2. The summed E-state index contributed by atoms with van der Waals surface area (Å²) in [6, 6.07) is 12.8. The van der Waals surface area contributed by atoms with Crippen molar-refractivity contribution in [2.24, 2.45) is 0 Å². The van der Waals surface area contributed by atoms with Gasteiger partial charge in [0.2, 0.25) is 10.0 Å². The van der Waals surface area contributed by atoms with Crippen LogP contribution in [0.5, 0.6) is 0 Å². The molecule has 0 saturated heterocycles. The molecule has 25 heavy (non-hydrogen) atoms. The number of halogens is 1. The number of sulfonamides is 1. The molecule has 0 aliphatic heterocycles. The highest BCUT2D eigenvalue weighted by Gasteiger charge is 2.12. The first kappa shape index (κ1) is 17.2. The van der Waals surface area contributed by atoms with Gasteiger partial charge in [0, 0.05) is 30.7 Å². The van der Waals surface area contributed by atoms with Crippen LogP contribution < -0.4 is 4.72 Å². The van der Waals surface area contributed by atoms with Crippen LogP contribution in [0.25, 0.3) is 11.3 Å². The average molecular weight is 357 g/mol. The Labute approximate surface area is 145 Å². The maximum Gasteiger partial charge on any atom is 0.216 e. The van der Waals surface area contributed by atoms with E-state index in [0.29, 0.717) is 5.56 Å². The third kappa shape index (κ3) is 4.91. The molecule has 1 aromatic carbocycles. The summed E-state index contributed by atoms with van der Waals surface area (Å²) in [6.45, 7) is 0.132. The summed E-state index contributed by atoms with van der Waals surface area (Å²) in [6.07, 6.45) is 4.99. The van der Waals surface area contributed by atoms with Gasteiger partial charge < -0.3 is 0 Å². The molecule has 0 radical (unpaired) electrons. The van der Waals surface area contributed by atoms with Crippen molar-refractivity contribution >= 4 is 10.0 Å². The predicted octanol–water partition coefficient (Wildman–Crippen LogP) is 2.90. The third-order valence-corrected chi connectivity index (χ3v) is 4.82. The maximum absolute atomic E-state index is 13.2. The largest absolute Gasteiger partial charge is 0.264 e.